The molecule has 0 aliphatic carbocycles. The molecule has 0 aromatic heterocycles. The van der Waals surface area contributed by atoms with Crippen molar-refractivity contribution in [3.05, 3.63) is 12.7 Å². The van der Waals surface area contributed by atoms with Gasteiger partial charge < -0.3 is 0 Å². The Hall–Kier alpha value is -1.54. The van der Waals surface area contributed by atoms with E-state index in [0.717, 1.165) is 6.92 Å². The van der Waals surface area contributed by atoms with Gasteiger partial charge in [0, 0.05) is 12.5 Å². The Bertz CT molecular complexity index is 715. The van der Waals surface area contributed by atoms with Crippen LogP contribution in [0, 0.1) is 0 Å². The molecular weight excluding hydrogens is 469 g/mol. The molecule has 0 aromatic carbocycles. The van der Waals surface area contributed by atoms with Crippen LogP contribution < -0.4 is 0 Å². The van der Waals surface area contributed by atoms with Gasteiger partial charge in [-0.25, -0.2) is 9.28 Å². The summed E-state index contributed by atoms with van der Waals surface area (Å²) in [6, 6.07) is -4.90. The molecule has 3 unspecified atom stereocenters. The summed E-state index contributed by atoms with van der Waals surface area (Å²) < 4.78 is 172. The first-order valence-electron chi connectivity index (χ1n) is 8.61. The molecule has 1 aliphatic heterocycles. The highest BCUT2D eigenvalue weighted by atomic mass is 19.4. The molecule has 2 nitrogen and oxygen atoms in total. The maximum absolute atomic E-state index is 14.6. The Morgan fingerprint density at radius 3 is 1.55 bits per heavy atom. The quantitative estimate of drug-likeness (QED) is 0.174. The Balaban J connectivity index is 3.64. The van der Waals surface area contributed by atoms with Crippen LogP contribution >= 0.6 is 0 Å². The average Bonchev–Trinajstić information content (AvgIpc) is 3.29. The zero-order valence-corrected chi connectivity index (χ0v) is 15.8. The van der Waals surface area contributed by atoms with E-state index in [-0.39, 0.29) is 6.42 Å². The predicted molar refractivity (Wildman–Crippen MR) is 79.3 cm³/mol. The number of alkyl halides is 13. The second-order valence-corrected chi connectivity index (χ2v) is 7.04. The molecule has 1 amide bonds. The summed E-state index contributed by atoms with van der Waals surface area (Å²) in [7, 11) is 0. The van der Waals surface area contributed by atoms with Gasteiger partial charge in [-0.1, -0.05) is 20.4 Å². The molecule has 31 heavy (non-hydrogen) atoms. The van der Waals surface area contributed by atoms with Crippen LogP contribution in [-0.2, 0) is 4.79 Å². The van der Waals surface area contributed by atoms with Crippen LogP contribution in [0.5, 0.6) is 0 Å². The second-order valence-electron chi connectivity index (χ2n) is 7.04. The van der Waals surface area contributed by atoms with Crippen LogP contribution in [0.2, 0.25) is 0 Å². The van der Waals surface area contributed by atoms with Crippen molar-refractivity contribution in [2.24, 2.45) is 0 Å². The monoisotopic (exact) mass is 486 g/mol. The molecule has 0 bridgehead atoms. The molecule has 182 valence electrons. The molecular formula is C16H17F13NO+. The number of rotatable bonds is 9. The lowest BCUT2D eigenvalue weighted by Crippen LogP contribution is -2.71. The molecule has 1 aliphatic rings. The fourth-order valence-electron chi connectivity index (χ4n) is 3.76. The summed E-state index contributed by atoms with van der Waals surface area (Å²) in [6.45, 7) is 4.65. The third-order valence-corrected chi connectivity index (χ3v) is 5.29. The highest BCUT2D eigenvalue weighted by Gasteiger charge is 2.95. The van der Waals surface area contributed by atoms with Crippen LogP contribution in [0.1, 0.15) is 26.7 Å². The maximum atomic E-state index is 14.6. The fraction of sp³-hybridized carbons (Fsp3) is 0.812. The molecule has 0 radical (unpaired) electrons. The van der Waals surface area contributed by atoms with Crippen molar-refractivity contribution in [3.63, 3.8) is 0 Å². The van der Waals surface area contributed by atoms with Crippen molar-refractivity contribution in [2.45, 2.75) is 74.6 Å². The van der Waals surface area contributed by atoms with E-state index in [0.29, 0.717) is 6.08 Å². The summed E-state index contributed by atoms with van der Waals surface area (Å²) in [5, 5.41) is 0. The van der Waals surface area contributed by atoms with E-state index in [4.69, 9.17) is 0 Å². The Morgan fingerprint density at radius 2 is 1.23 bits per heavy atom. The summed E-state index contributed by atoms with van der Waals surface area (Å²) in [5.74, 6) is -38.6. The van der Waals surface area contributed by atoms with Gasteiger partial charge in [0.2, 0.25) is 6.04 Å². The molecule has 15 heteroatoms. The number of hydrogen-bond donors (Lipinski definition) is 0. The van der Waals surface area contributed by atoms with Gasteiger partial charge in [0.1, 0.15) is 0 Å². The number of halogens is 13. The lowest BCUT2D eigenvalue weighted by Gasteiger charge is -2.39. The number of quaternary nitrogens is 1. The smallest absolute Gasteiger partial charge is 0.236 e. The van der Waals surface area contributed by atoms with E-state index < -0.39 is 71.2 Å². The Labute approximate surface area is 167 Å². The van der Waals surface area contributed by atoms with Gasteiger partial charge in [0.15, 0.2) is 6.04 Å². The highest BCUT2D eigenvalue weighted by Crippen LogP contribution is 2.64. The third kappa shape index (κ3) is 3.32. The van der Waals surface area contributed by atoms with Crippen molar-refractivity contribution >= 4 is 5.91 Å². The lowest BCUT2D eigenvalue weighted by molar-refractivity contribution is -0.754. The summed E-state index contributed by atoms with van der Waals surface area (Å²) in [5.41, 5.74) is 0. The normalized spacial score (nSPS) is 26.0. The van der Waals surface area contributed by atoms with E-state index in [1.807, 2.05) is 0 Å². The first-order valence-corrected chi connectivity index (χ1v) is 8.61. The van der Waals surface area contributed by atoms with Crippen LogP contribution in [0.25, 0.3) is 0 Å². The zero-order valence-electron chi connectivity index (χ0n) is 15.8. The van der Waals surface area contributed by atoms with Gasteiger partial charge in [0.05, 0.1) is 6.54 Å². The van der Waals surface area contributed by atoms with Crippen LogP contribution in [0.15, 0.2) is 12.7 Å². The maximum Gasteiger partial charge on any atom is 0.460 e. The minimum absolute atomic E-state index is 0.160. The number of nitrogens with zero attached hydrogens (tertiary/aromatic N) is 1. The van der Waals surface area contributed by atoms with Crippen molar-refractivity contribution < 1.29 is 66.4 Å². The van der Waals surface area contributed by atoms with Crippen LogP contribution in [0.4, 0.5) is 57.1 Å². The van der Waals surface area contributed by atoms with Crippen LogP contribution in [0.3, 0.4) is 0 Å². The summed E-state index contributed by atoms with van der Waals surface area (Å²) >= 11 is 0. The molecule has 1 rings (SSSR count). The average molecular weight is 486 g/mol. The Kier molecular flexibility index (Phi) is 6.66. The number of hydrogen-bond acceptors (Lipinski definition) is 1. The van der Waals surface area contributed by atoms with Gasteiger partial charge in [-0.3, -0.25) is 0 Å². The van der Waals surface area contributed by atoms with E-state index in [9.17, 15) is 61.9 Å². The molecule has 1 saturated heterocycles. The lowest BCUT2D eigenvalue weighted by atomic mass is 9.91. The standard InChI is InChI=1S/C16H17F13NO/c1-4-7-30(9(31)6-3)8(5-2)10(30)11(17,18)12(19,20)13(21,22)14(23,24)15(25,26)16(27,28)29/h6,8,10H,3-5,7H2,1-2H3/q+1. The number of amides is 1. The van der Waals surface area contributed by atoms with Gasteiger partial charge in [-0.2, -0.15) is 57.1 Å². The van der Waals surface area contributed by atoms with Crippen molar-refractivity contribution in [1.82, 2.24) is 0 Å². The van der Waals surface area contributed by atoms with E-state index in [1.165, 1.54) is 6.92 Å². The minimum Gasteiger partial charge on any atom is -0.236 e. The zero-order chi connectivity index (χ0) is 25.1. The van der Waals surface area contributed by atoms with Crippen LogP contribution in [-0.4, -0.2) is 64.8 Å². The van der Waals surface area contributed by atoms with Crippen molar-refractivity contribution in [1.29, 1.82) is 0 Å². The van der Waals surface area contributed by atoms with E-state index in [2.05, 4.69) is 6.58 Å². The Morgan fingerprint density at radius 1 is 0.806 bits per heavy atom. The second kappa shape index (κ2) is 7.51. The summed E-state index contributed by atoms with van der Waals surface area (Å²) in [4.78, 5) is 12.0. The molecule has 0 saturated carbocycles. The number of carbonyl (C=O) groups is 1. The van der Waals surface area contributed by atoms with E-state index in [1.54, 1.807) is 0 Å². The topological polar surface area (TPSA) is 17.1 Å². The SMILES string of the molecule is C=CC(=O)[N+]1(CCC)C(CC)C1C(F)(F)C(F)(F)C(F)(F)C(F)(F)C(F)(F)C(F)(F)F. The van der Waals surface area contributed by atoms with Crippen molar-refractivity contribution in [3.8, 4) is 0 Å². The van der Waals surface area contributed by atoms with Gasteiger partial charge in [-0.15, -0.1) is 0 Å². The van der Waals surface area contributed by atoms with Gasteiger partial charge in [0.25, 0.3) is 0 Å². The van der Waals surface area contributed by atoms with Gasteiger partial charge in [-0.05, 0) is 6.42 Å². The largest absolute Gasteiger partial charge is 0.460 e. The first kappa shape index (κ1) is 27.5. The molecule has 1 heterocycles. The molecule has 0 aromatic rings. The predicted octanol–water partition coefficient (Wildman–Crippen LogP) is 5.83. The minimum atomic E-state index is -7.95. The highest BCUT2D eigenvalue weighted by molar-refractivity contribution is 5.82. The van der Waals surface area contributed by atoms with E-state index >= 15 is 0 Å². The molecule has 3 atom stereocenters. The molecule has 1 fully saturated rings. The number of carbonyl (C=O) groups excluding carboxylic acids is 1. The molecule has 0 N–H and O–H groups in total. The van der Waals surface area contributed by atoms with Gasteiger partial charge >= 0.3 is 41.7 Å². The molecule has 0 spiro atoms. The first-order chi connectivity index (χ1) is 13.6. The van der Waals surface area contributed by atoms with Crippen molar-refractivity contribution in [2.75, 3.05) is 6.54 Å². The summed E-state index contributed by atoms with van der Waals surface area (Å²) in [6.07, 6.45) is -7.75. The fourth-order valence-corrected chi connectivity index (χ4v) is 3.76. The third-order valence-electron chi connectivity index (χ3n) is 5.29.